The van der Waals surface area contributed by atoms with Gasteiger partial charge in [0, 0.05) is 35.3 Å². The second kappa shape index (κ2) is 13.1. The standard InChI is InChI=1S/C53H40N2/c1-2-12-43(13-3-1)55-50-29-28-41(33-48(50)49-34-54-31-30-51(49)55)38-20-18-36(19-21-38)37-22-25-39(26-23-37)52-44-14-6-8-16-46(44)53(47-17-9-7-15-45(47)52)42-27-24-35-10-4-5-11-40(35)32-42/h1-4,6-10,12,14-32,34,43,48H,5,11,13,33H2. The van der Waals surface area contributed by atoms with Crippen molar-refractivity contribution >= 4 is 38.9 Å². The van der Waals surface area contributed by atoms with Gasteiger partial charge in [-0.3, -0.25) is 4.98 Å². The number of aromatic nitrogens is 1. The first kappa shape index (κ1) is 32.0. The predicted octanol–water partition coefficient (Wildman–Crippen LogP) is 13.5. The van der Waals surface area contributed by atoms with Crippen molar-refractivity contribution in [1.29, 1.82) is 0 Å². The van der Waals surface area contributed by atoms with Crippen LogP contribution in [0.4, 0.5) is 5.69 Å². The molecule has 7 aromatic rings. The smallest absolute Gasteiger partial charge is 0.0557 e. The molecule has 0 saturated carbocycles. The van der Waals surface area contributed by atoms with Crippen LogP contribution in [-0.2, 0) is 6.42 Å². The second-order valence-corrected chi connectivity index (χ2v) is 15.3. The lowest BCUT2D eigenvalue weighted by Gasteiger charge is -2.32. The number of nitrogens with zero attached hydrogens (tertiary/aromatic N) is 2. The van der Waals surface area contributed by atoms with Gasteiger partial charge >= 0.3 is 0 Å². The SMILES string of the molecule is C1=CCC(N2C3=CC=C(c4ccc(-c5ccc(-c6c7ccccc7c(-c7ccc8c(c7)CCC=C8)c7ccccc67)cc5)cc4)CC3c3cnccc32)C=C1. The highest BCUT2D eigenvalue weighted by Crippen LogP contribution is 2.51. The topological polar surface area (TPSA) is 16.1 Å². The first-order valence-electron chi connectivity index (χ1n) is 19.7. The van der Waals surface area contributed by atoms with Crippen molar-refractivity contribution in [3.8, 4) is 33.4 Å². The summed E-state index contributed by atoms with van der Waals surface area (Å²) >= 11 is 0. The molecular weight excluding hydrogens is 665 g/mol. The van der Waals surface area contributed by atoms with Crippen molar-refractivity contribution in [2.45, 2.75) is 37.6 Å². The monoisotopic (exact) mass is 704 g/mol. The van der Waals surface area contributed by atoms with Crippen LogP contribution >= 0.6 is 0 Å². The molecule has 2 nitrogen and oxygen atoms in total. The summed E-state index contributed by atoms with van der Waals surface area (Å²) in [6.07, 6.45) is 26.4. The number of fused-ring (bicyclic) bond motifs is 6. The van der Waals surface area contributed by atoms with E-state index in [1.165, 1.54) is 94.1 Å². The zero-order valence-corrected chi connectivity index (χ0v) is 30.7. The molecule has 2 heteroatoms. The van der Waals surface area contributed by atoms with E-state index in [-0.39, 0.29) is 0 Å². The molecule has 6 aromatic carbocycles. The van der Waals surface area contributed by atoms with Crippen LogP contribution in [0.5, 0.6) is 0 Å². The fourth-order valence-electron chi connectivity index (χ4n) is 9.63. The highest BCUT2D eigenvalue weighted by Gasteiger charge is 2.38. The van der Waals surface area contributed by atoms with Crippen LogP contribution in [0.1, 0.15) is 47.4 Å². The van der Waals surface area contributed by atoms with E-state index in [0.717, 1.165) is 25.7 Å². The van der Waals surface area contributed by atoms with E-state index < -0.39 is 0 Å². The van der Waals surface area contributed by atoms with Gasteiger partial charge in [-0.15, -0.1) is 0 Å². The maximum absolute atomic E-state index is 4.55. The largest absolute Gasteiger partial charge is 0.337 e. The number of hydrogen-bond donors (Lipinski definition) is 0. The molecule has 0 saturated heterocycles. The summed E-state index contributed by atoms with van der Waals surface area (Å²) in [6.45, 7) is 0. The van der Waals surface area contributed by atoms with Crippen molar-refractivity contribution in [3.63, 3.8) is 0 Å². The van der Waals surface area contributed by atoms with Gasteiger partial charge < -0.3 is 4.90 Å². The minimum Gasteiger partial charge on any atom is -0.337 e. The molecular formula is C53H40N2. The lowest BCUT2D eigenvalue weighted by Crippen LogP contribution is -2.32. The molecule has 2 atom stereocenters. The Hall–Kier alpha value is -6.51. The minimum absolute atomic E-state index is 0.326. The van der Waals surface area contributed by atoms with Crippen molar-refractivity contribution < 1.29 is 0 Å². The second-order valence-electron chi connectivity index (χ2n) is 15.3. The Morgan fingerprint density at radius 2 is 1.25 bits per heavy atom. The molecule has 1 aliphatic heterocycles. The summed E-state index contributed by atoms with van der Waals surface area (Å²) < 4.78 is 0. The Morgan fingerprint density at radius 1 is 0.600 bits per heavy atom. The Bertz CT molecular complexity index is 2750. The quantitative estimate of drug-likeness (QED) is 0.166. The number of anilines is 1. The molecule has 2 heterocycles. The van der Waals surface area contributed by atoms with Crippen molar-refractivity contribution in [1.82, 2.24) is 4.98 Å². The fraction of sp³-hybridized carbons (Fsp3) is 0.113. The van der Waals surface area contributed by atoms with Gasteiger partial charge in [0.1, 0.15) is 0 Å². The lowest BCUT2D eigenvalue weighted by atomic mass is 9.84. The Labute approximate surface area is 322 Å². The summed E-state index contributed by atoms with van der Waals surface area (Å²) in [5, 5.41) is 5.18. The van der Waals surface area contributed by atoms with Crippen molar-refractivity contribution in [3.05, 3.63) is 204 Å². The van der Waals surface area contributed by atoms with E-state index in [4.69, 9.17) is 0 Å². The van der Waals surface area contributed by atoms with E-state index >= 15 is 0 Å². The Balaban J connectivity index is 0.915. The number of rotatable bonds is 5. The molecule has 4 aliphatic rings. The van der Waals surface area contributed by atoms with Crippen LogP contribution in [0.15, 0.2) is 182 Å². The molecule has 0 bridgehead atoms. The molecule has 0 radical (unpaired) electrons. The van der Waals surface area contributed by atoms with Crippen molar-refractivity contribution in [2.75, 3.05) is 4.90 Å². The van der Waals surface area contributed by atoms with E-state index in [0.29, 0.717) is 12.0 Å². The minimum atomic E-state index is 0.326. The summed E-state index contributed by atoms with van der Waals surface area (Å²) in [5.74, 6) is 0.326. The average molecular weight is 705 g/mol. The molecule has 0 N–H and O–H groups in total. The van der Waals surface area contributed by atoms with E-state index in [1.807, 2.05) is 6.20 Å². The van der Waals surface area contributed by atoms with Crippen molar-refractivity contribution in [2.24, 2.45) is 0 Å². The molecule has 0 spiro atoms. The van der Waals surface area contributed by atoms with E-state index in [9.17, 15) is 0 Å². The van der Waals surface area contributed by atoms with Gasteiger partial charge in [0.05, 0.1) is 6.04 Å². The molecule has 262 valence electrons. The fourth-order valence-corrected chi connectivity index (χ4v) is 9.63. The number of pyridine rings is 1. The molecule has 11 rings (SSSR count). The molecule has 0 fully saturated rings. The summed E-state index contributed by atoms with van der Waals surface area (Å²) in [6, 6.07) is 45.9. The van der Waals surface area contributed by atoms with Gasteiger partial charge in [-0.2, -0.15) is 0 Å². The third-order valence-electron chi connectivity index (χ3n) is 12.3. The first-order chi connectivity index (χ1) is 27.3. The number of aryl methyl sites for hydroxylation is 1. The Morgan fingerprint density at radius 3 is 1.95 bits per heavy atom. The van der Waals surface area contributed by atoms with Crippen LogP contribution in [-0.4, -0.2) is 11.0 Å². The van der Waals surface area contributed by atoms with Gasteiger partial charge in [0.25, 0.3) is 0 Å². The summed E-state index contributed by atoms with van der Waals surface area (Å²) in [5.41, 5.74) is 17.1. The normalized spacial score (nSPS) is 18.2. The molecule has 1 aromatic heterocycles. The highest BCUT2D eigenvalue weighted by molar-refractivity contribution is 6.21. The average Bonchev–Trinajstić information content (AvgIpc) is 3.59. The van der Waals surface area contributed by atoms with Gasteiger partial charge in [0.2, 0.25) is 0 Å². The first-order valence-corrected chi connectivity index (χ1v) is 19.7. The van der Waals surface area contributed by atoms with Crippen LogP contribution in [0.3, 0.4) is 0 Å². The predicted molar refractivity (Wildman–Crippen MR) is 232 cm³/mol. The zero-order valence-electron chi connectivity index (χ0n) is 30.7. The van der Waals surface area contributed by atoms with Gasteiger partial charge in [-0.25, -0.2) is 0 Å². The molecule has 3 aliphatic carbocycles. The zero-order chi connectivity index (χ0) is 36.3. The third kappa shape index (κ3) is 5.35. The molecule has 55 heavy (non-hydrogen) atoms. The number of hydrogen-bond acceptors (Lipinski definition) is 2. The van der Waals surface area contributed by atoms with Crippen LogP contribution < -0.4 is 4.90 Å². The van der Waals surface area contributed by atoms with Crippen LogP contribution in [0.25, 0.3) is 66.6 Å². The molecule has 2 unspecified atom stereocenters. The maximum atomic E-state index is 4.55. The number of benzene rings is 6. The molecule has 0 amide bonds. The van der Waals surface area contributed by atoms with Gasteiger partial charge in [0.15, 0.2) is 0 Å². The number of allylic oxidation sites excluding steroid dienone is 7. The Kier molecular flexibility index (Phi) is 7.62. The van der Waals surface area contributed by atoms with E-state index in [2.05, 4.69) is 186 Å². The lowest BCUT2D eigenvalue weighted by molar-refractivity contribution is 0.722. The van der Waals surface area contributed by atoms with E-state index in [1.54, 1.807) is 0 Å². The van der Waals surface area contributed by atoms with Crippen LogP contribution in [0.2, 0.25) is 0 Å². The van der Waals surface area contributed by atoms with Crippen LogP contribution in [0, 0.1) is 0 Å². The third-order valence-corrected chi connectivity index (χ3v) is 12.3. The van der Waals surface area contributed by atoms with Gasteiger partial charge in [-0.1, -0.05) is 158 Å². The van der Waals surface area contributed by atoms with Gasteiger partial charge in [-0.05, 0) is 115 Å². The maximum Gasteiger partial charge on any atom is 0.0557 e. The summed E-state index contributed by atoms with van der Waals surface area (Å²) in [4.78, 5) is 7.08. The highest BCUT2D eigenvalue weighted by atomic mass is 15.2. The summed E-state index contributed by atoms with van der Waals surface area (Å²) in [7, 11) is 0.